The molecule has 1 aromatic heterocycles. The van der Waals surface area contributed by atoms with E-state index in [4.69, 9.17) is 9.47 Å². The lowest BCUT2D eigenvalue weighted by Crippen LogP contribution is -2.35. The highest BCUT2D eigenvalue weighted by Crippen LogP contribution is 2.32. The molecule has 1 N–H and O–H groups in total. The fraction of sp³-hybridized carbons (Fsp3) is 0.765. The maximum Gasteiger partial charge on any atom is 0.218 e. The molecule has 1 aliphatic heterocycles. The summed E-state index contributed by atoms with van der Waals surface area (Å²) in [5, 5.41) is 3.53. The van der Waals surface area contributed by atoms with Gasteiger partial charge >= 0.3 is 0 Å². The summed E-state index contributed by atoms with van der Waals surface area (Å²) in [6.45, 7) is 11.9. The summed E-state index contributed by atoms with van der Waals surface area (Å²) in [6.07, 6.45) is 3.05. The molecule has 0 radical (unpaired) electrons. The molecule has 1 fully saturated rings. The summed E-state index contributed by atoms with van der Waals surface area (Å²) in [5.74, 6) is 2.09. The smallest absolute Gasteiger partial charge is 0.218 e. The Kier molecular flexibility index (Phi) is 4.95. The number of ether oxygens (including phenoxy) is 2. The average Bonchev–Trinajstić information content (AvgIpc) is 2.88. The van der Waals surface area contributed by atoms with Crippen LogP contribution in [0.15, 0.2) is 6.07 Å². The van der Waals surface area contributed by atoms with E-state index in [1.165, 1.54) is 0 Å². The van der Waals surface area contributed by atoms with Gasteiger partial charge < -0.3 is 14.8 Å². The molecule has 2 heterocycles. The van der Waals surface area contributed by atoms with Gasteiger partial charge in [-0.3, -0.25) is 0 Å². The molecular weight excluding hydrogens is 278 g/mol. The minimum absolute atomic E-state index is 0.0126. The van der Waals surface area contributed by atoms with Crippen molar-refractivity contribution < 1.29 is 9.47 Å². The highest BCUT2D eigenvalue weighted by molar-refractivity contribution is 5.41. The number of hydrogen-bond acceptors (Lipinski definition) is 5. The van der Waals surface area contributed by atoms with E-state index in [1.807, 2.05) is 6.07 Å². The van der Waals surface area contributed by atoms with Crippen molar-refractivity contribution in [1.82, 2.24) is 9.97 Å². The summed E-state index contributed by atoms with van der Waals surface area (Å²) in [4.78, 5) is 9.09. The molecular formula is C17H29N3O2. The van der Waals surface area contributed by atoms with Crippen LogP contribution in [0.25, 0.3) is 0 Å². The molecule has 0 aromatic carbocycles. The van der Waals surface area contributed by atoms with Crippen LogP contribution in [0.2, 0.25) is 0 Å². The number of nitrogens with one attached hydrogen (secondary N) is 1. The molecule has 1 saturated heterocycles. The van der Waals surface area contributed by atoms with E-state index in [-0.39, 0.29) is 17.1 Å². The number of aromatic nitrogens is 2. The number of methoxy groups -OCH3 is 1. The van der Waals surface area contributed by atoms with Crippen molar-refractivity contribution >= 4 is 5.82 Å². The Bertz CT molecular complexity index is 503. The summed E-state index contributed by atoms with van der Waals surface area (Å²) in [7, 11) is 1.63. The van der Waals surface area contributed by atoms with Crippen LogP contribution in [0.1, 0.15) is 65.8 Å². The average molecular weight is 307 g/mol. The van der Waals surface area contributed by atoms with Gasteiger partial charge in [-0.25, -0.2) is 4.98 Å². The second kappa shape index (κ2) is 6.41. The van der Waals surface area contributed by atoms with E-state index in [2.05, 4.69) is 49.9 Å². The summed E-state index contributed by atoms with van der Waals surface area (Å²) >= 11 is 0. The Morgan fingerprint density at radius 2 is 2.00 bits per heavy atom. The zero-order valence-corrected chi connectivity index (χ0v) is 14.7. The van der Waals surface area contributed by atoms with Gasteiger partial charge in [0.1, 0.15) is 11.9 Å². The van der Waals surface area contributed by atoms with Crippen LogP contribution in [0, 0.1) is 5.41 Å². The number of nitrogens with zero attached hydrogens (tertiary/aromatic N) is 2. The number of anilines is 1. The fourth-order valence-corrected chi connectivity index (χ4v) is 3.25. The van der Waals surface area contributed by atoms with E-state index >= 15 is 0 Å². The summed E-state index contributed by atoms with van der Waals surface area (Å²) in [6, 6.07) is 1.85. The van der Waals surface area contributed by atoms with E-state index in [0.717, 1.165) is 31.7 Å². The van der Waals surface area contributed by atoms with Crippen LogP contribution in [0.3, 0.4) is 0 Å². The predicted octanol–water partition coefficient (Wildman–Crippen LogP) is 3.96. The Hall–Kier alpha value is -1.36. The summed E-state index contributed by atoms with van der Waals surface area (Å²) < 4.78 is 11.0. The molecule has 0 bridgehead atoms. The molecule has 1 aromatic rings. The van der Waals surface area contributed by atoms with Crippen molar-refractivity contribution in [2.24, 2.45) is 5.41 Å². The largest absolute Gasteiger partial charge is 0.481 e. The molecule has 0 amide bonds. The first-order chi connectivity index (χ1) is 10.2. The molecule has 5 heteroatoms. The molecule has 22 heavy (non-hydrogen) atoms. The molecule has 1 aliphatic rings. The van der Waals surface area contributed by atoms with Crippen molar-refractivity contribution in [3.8, 4) is 5.88 Å². The quantitative estimate of drug-likeness (QED) is 0.892. The second-order valence-corrected chi connectivity index (χ2v) is 7.90. The van der Waals surface area contributed by atoms with Gasteiger partial charge in [-0.2, -0.15) is 4.98 Å². The van der Waals surface area contributed by atoms with Gasteiger partial charge in [0.25, 0.3) is 0 Å². The van der Waals surface area contributed by atoms with Crippen molar-refractivity contribution in [3.05, 3.63) is 11.9 Å². The lowest BCUT2D eigenvalue weighted by atomic mass is 9.82. The Morgan fingerprint density at radius 3 is 2.55 bits per heavy atom. The van der Waals surface area contributed by atoms with Crippen LogP contribution in [-0.4, -0.2) is 29.2 Å². The first-order valence-electron chi connectivity index (χ1n) is 8.01. The third kappa shape index (κ3) is 4.83. The van der Waals surface area contributed by atoms with Gasteiger partial charge in [0.05, 0.1) is 7.11 Å². The molecule has 124 valence electrons. The molecule has 5 nitrogen and oxygen atoms in total. The third-order valence-electron chi connectivity index (χ3n) is 3.59. The molecule has 1 atom stereocenters. The normalized spacial score (nSPS) is 19.3. The van der Waals surface area contributed by atoms with Crippen LogP contribution in [0.4, 0.5) is 5.82 Å². The van der Waals surface area contributed by atoms with Gasteiger partial charge in [0, 0.05) is 18.2 Å². The topological polar surface area (TPSA) is 56.3 Å². The first kappa shape index (κ1) is 17.0. The van der Waals surface area contributed by atoms with Crippen LogP contribution >= 0.6 is 0 Å². The fourth-order valence-electron chi connectivity index (χ4n) is 3.25. The van der Waals surface area contributed by atoms with E-state index in [0.29, 0.717) is 11.7 Å². The van der Waals surface area contributed by atoms with Crippen molar-refractivity contribution in [1.29, 1.82) is 0 Å². The molecule has 0 aliphatic carbocycles. The standard InChI is InChI=1S/C17H29N3O2/c1-16(2,3)11-17(4,5)20-13-10-14(21-6)19-15(18-13)12-8-7-9-22-12/h10,12H,7-9,11H2,1-6H3,(H,18,19,20). The van der Waals surface area contributed by atoms with Crippen molar-refractivity contribution in [2.75, 3.05) is 19.0 Å². The molecule has 2 rings (SSSR count). The maximum atomic E-state index is 5.70. The SMILES string of the molecule is COc1cc(NC(C)(C)CC(C)(C)C)nc(C2CCCO2)n1. The van der Waals surface area contributed by atoms with Crippen LogP contribution < -0.4 is 10.1 Å². The van der Waals surface area contributed by atoms with Crippen LogP contribution in [0.5, 0.6) is 5.88 Å². The van der Waals surface area contributed by atoms with Crippen molar-refractivity contribution in [2.45, 2.75) is 65.5 Å². The zero-order chi connectivity index (χ0) is 16.4. The summed E-state index contributed by atoms with van der Waals surface area (Å²) in [5.41, 5.74) is 0.177. The third-order valence-corrected chi connectivity index (χ3v) is 3.59. The minimum atomic E-state index is -0.0641. The van der Waals surface area contributed by atoms with Gasteiger partial charge in [0.2, 0.25) is 5.88 Å². The molecule has 0 saturated carbocycles. The highest BCUT2D eigenvalue weighted by Gasteiger charge is 2.27. The van der Waals surface area contributed by atoms with Crippen molar-refractivity contribution in [3.63, 3.8) is 0 Å². The Morgan fingerprint density at radius 1 is 1.27 bits per heavy atom. The Labute approximate surface area is 133 Å². The van der Waals surface area contributed by atoms with Gasteiger partial charge in [-0.05, 0) is 38.5 Å². The molecule has 0 spiro atoms. The monoisotopic (exact) mass is 307 g/mol. The predicted molar refractivity (Wildman–Crippen MR) is 88.3 cm³/mol. The van der Waals surface area contributed by atoms with E-state index in [1.54, 1.807) is 7.11 Å². The Balaban J connectivity index is 2.20. The second-order valence-electron chi connectivity index (χ2n) is 7.90. The number of rotatable bonds is 5. The van der Waals surface area contributed by atoms with Gasteiger partial charge in [-0.15, -0.1) is 0 Å². The first-order valence-corrected chi connectivity index (χ1v) is 8.01. The maximum absolute atomic E-state index is 5.70. The minimum Gasteiger partial charge on any atom is -0.481 e. The van der Waals surface area contributed by atoms with Gasteiger partial charge in [-0.1, -0.05) is 20.8 Å². The van der Waals surface area contributed by atoms with Gasteiger partial charge in [0.15, 0.2) is 5.82 Å². The molecule has 1 unspecified atom stereocenters. The van der Waals surface area contributed by atoms with Crippen LogP contribution in [-0.2, 0) is 4.74 Å². The van der Waals surface area contributed by atoms with E-state index < -0.39 is 0 Å². The number of hydrogen-bond donors (Lipinski definition) is 1. The zero-order valence-electron chi connectivity index (χ0n) is 14.7. The lowest BCUT2D eigenvalue weighted by molar-refractivity contribution is 0.104. The van der Waals surface area contributed by atoms with E-state index in [9.17, 15) is 0 Å². The highest BCUT2D eigenvalue weighted by atomic mass is 16.5. The lowest BCUT2D eigenvalue weighted by Gasteiger charge is -2.34.